The van der Waals surface area contributed by atoms with Crippen LogP contribution in [0.2, 0.25) is 0 Å². The number of H-pyrrole nitrogens is 2. The fourth-order valence-electron chi connectivity index (χ4n) is 4.12. The van der Waals surface area contributed by atoms with Gasteiger partial charge in [0, 0.05) is 53.1 Å². The van der Waals surface area contributed by atoms with Gasteiger partial charge in [0.25, 0.3) is 0 Å². The number of hydrogen-bond donors (Lipinski definition) is 3. The second kappa shape index (κ2) is 8.45. The van der Waals surface area contributed by atoms with E-state index in [1.165, 1.54) is 0 Å². The highest BCUT2D eigenvalue weighted by Gasteiger charge is 2.15. The third-order valence-electron chi connectivity index (χ3n) is 5.88. The van der Waals surface area contributed by atoms with Gasteiger partial charge in [-0.2, -0.15) is 5.10 Å². The lowest BCUT2D eigenvalue weighted by atomic mass is 10.1. The molecule has 0 saturated carbocycles. The molecule has 0 aliphatic heterocycles. The van der Waals surface area contributed by atoms with E-state index in [1.54, 1.807) is 31.0 Å². The number of anilines is 1. The van der Waals surface area contributed by atoms with Crippen LogP contribution in [0.3, 0.4) is 0 Å². The fraction of sp³-hybridized carbons (Fsp3) is 0.0769. The molecule has 0 aromatic carbocycles. The number of nitrogens with one attached hydrogen (secondary N) is 3. The number of amides is 1. The van der Waals surface area contributed by atoms with Crippen molar-refractivity contribution in [1.82, 2.24) is 35.1 Å². The maximum absolute atomic E-state index is 11.8. The molecule has 170 valence electrons. The molecule has 0 aliphatic carbocycles. The van der Waals surface area contributed by atoms with Crippen LogP contribution in [-0.2, 0) is 4.79 Å². The predicted molar refractivity (Wildman–Crippen MR) is 134 cm³/mol. The molecule has 9 heteroatoms. The van der Waals surface area contributed by atoms with Crippen molar-refractivity contribution in [2.24, 2.45) is 0 Å². The molecule has 3 N–H and O–H groups in total. The molecule has 0 bridgehead atoms. The minimum atomic E-state index is -0.0658. The van der Waals surface area contributed by atoms with E-state index in [4.69, 9.17) is 0 Å². The molecule has 6 heterocycles. The summed E-state index contributed by atoms with van der Waals surface area (Å²) in [7, 11) is 0. The van der Waals surface area contributed by atoms with Gasteiger partial charge in [0.15, 0.2) is 0 Å². The molecule has 1 amide bonds. The summed E-state index contributed by atoms with van der Waals surface area (Å²) in [6.07, 6.45) is 12.7. The van der Waals surface area contributed by atoms with Gasteiger partial charge in [0.1, 0.15) is 5.69 Å². The minimum Gasteiger partial charge on any atom is -0.352 e. The molecule has 0 aliphatic rings. The number of pyridine rings is 4. The standard InChI is InChI=1S/C26H20N8O/c1-2-25(35)31-17-7-16(10-28-11-17)21-9-19-24(14-30-21)33-34-26(19)22-8-18-20(12-29-13-23(18)32-22)15-3-5-27-6-4-15/h3-14,32H,2H2,1H3,(H,31,35)(H,33,34). The highest BCUT2D eigenvalue weighted by Crippen LogP contribution is 2.34. The van der Waals surface area contributed by atoms with Crippen molar-refractivity contribution < 1.29 is 4.79 Å². The van der Waals surface area contributed by atoms with Gasteiger partial charge in [-0.15, -0.1) is 0 Å². The first-order valence-corrected chi connectivity index (χ1v) is 11.2. The molecular weight excluding hydrogens is 440 g/mol. The van der Waals surface area contributed by atoms with Gasteiger partial charge in [-0.05, 0) is 35.9 Å². The lowest BCUT2D eigenvalue weighted by Crippen LogP contribution is -2.09. The van der Waals surface area contributed by atoms with Crippen LogP contribution in [0.1, 0.15) is 13.3 Å². The van der Waals surface area contributed by atoms with E-state index in [-0.39, 0.29) is 5.91 Å². The highest BCUT2D eigenvalue weighted by atomic mass is 16.1. The van der Waals surface area contributed by atoms with Crippen LogP contribution < -0.4 is 5.32 Å². The Kier molecular flexibility index (Phi) is 4.99. The van der Waals surface area contributed by atoms with Crippen LogP contribution in [0.25, 0.3) is 55.6 Å². The number of nitrogens with zero attached hydrogens (tertiary/aromatic N) is 5. The zero-order valence-electron chi connectivity index (χ0n) is 18.8. The van der Waals surface area contributed by atoms with Gasteiger partial charge in [0.2, 0.25) is 5.91 Å². The first kappa shape index (κ1) is 20.7. The lowest BCUT2D eigenvalue weighted by molar-refractivity contribution is -0.115. The van der Waals surface area contributed by atoms with Crippen molar-refractivity contribution in [2.45, 2.75) is 13.3 Å². The lowest BCUT2D eigenvalue weighted by Gasteiger charge is -2.06. The Morgan fingerprint density at radius 3 is 2.60 bits per heavy atom. The van der Waals surface area contributed by atoms with Crippen LogP contribution in [0.5, 0.6) is 0 Å². The molecule has 0 saturated heterocycles. The summed E-state index contributed by atoms with van der Waals surface area (Å²) in [5, 5.41) is 12.5. The normalized spacial score (nSPS) is 11.2. The molecule has 9 nitrogen and oxygen atoms in total. The Balaban J connectivity index is 1.43. The van der Waals surface area contributed by atoms with E-state index in [9.17, 15) is 4.79 Å². The average molecular weight is 461 g/mol. The van der Waals surface area contributed by atoms with Crippen LogP contribution in [0.15, 0.2) is 73.7 Å². The smallest absolute Gasteiger partial charge is 0.224 e. The van der Waals surface area contributed by atoms with E-state index in [2.05, 4.69) is 46.5 Å². The molecule has 0 atom stereocenters. The number of carbonyl (C=O) groups is 1. The molecule has 0 unspecified atom stereocenters. The van der Waals surface area contributed by atoms with Gasteiger partial charge >= 0.3 is 0 Å². The van der Waals surface area contributed by atoms with Gasteiger partial charge in [-0.3, -0.25) is 29.8 Å². The number of aromatic amines is 2. The molecule has 35 heavy (non-hydrogen) atoms. The minimum absolute atomic E-state index is 0.0658. The summed E-state index contributed by atoms with van der Waals surface area (Å²) < 4.78 is 0. The van der Waals surface area contributed by atoms with E-state index in [0.717, 1.165) is 55.6 Å². The van der Waals surface area contributed by atoms with Crippen LogP contribution in [-0.4, -0.2) is 41.0 Å². The van der Waals surface area contributed by atoms with Crippen molar-refractivity contribution in [3.63, 3.8) is 0 Å². The summed E-state index contributed by atoms with van der Waals surface area (Å²) in [5.74, 6) is -0.0658. The first-order chi connectivity index (χ1) is 17.2. The third kappa shape index (κ3) is 3.78. The first-order valence-electron chi connectivity index (χ1n) is 11.2. The SMILES string of the molecule is CCC(=O)Nc1cncc(-c2cc3c(-c4cc5c(-c6ccncc6)cncc5[nH]4)n[nH]c3cn2)c1. The van der Waals surface area contributed by atoms with Crippen molar-refractivity contribution >= 4 is 33.4 Å². The molecule has 6 aromatic rings. The van der Waals surface area contributed by atoms with Crippen LogP contribution in [0, 0.1) is 0 Å². The summed E-state index contributed by atoms with van der Waals surface area (Å²) in [6.45, 7) is 1.81. The Hall–Kier alpha value is -4.92. The number of carbonyl (C=O) groups excluding carboxylic acids is 1. The largest absolute Gasteiger partial charge is 0.352 e. The van der Waals surface area contributed by atoms with Crippen molar-refractivity contribution in [1.29, 1.82) is 0 Å². The van der Waals surface area contributed by atoms with Gasteiger partial charge in [0.05, 0.1) is 46.7 Å². The summed E-state index contributed by atoms with van der Waals surface area (Å²) >= 11 is 0. The van der Waals surface area contributed by atoms with Crippen molar-refractivity contribution in [2.75, 3.05) is 5.32 Å². The van der Waals surface area contributed by atoms with Crippen molar-refractivity contribution in [3.8, 4) is 33.8 Å². The summed E-state index contributed by atoms with van der Waals surface area (Å²) in [5.41, 5.74) is 7.62. The highest BCUT2D eigenvalue weighted by molar-refractivity contribution is 6.01. The second-order valence-electron chi connectivity index (χ2n) is 8.12. The number of aromatic nitrogens is 7. The van der Waals surface area contributed by atoms with Gasteiger partial charge in [-0.1, -0.05) is 6.92 Å². The maximum Gasteiger partial charge on any atom is 0.224 e. The quantitative estimate of drug-likeness (QED) is 0.333. The number of hydrogen-bond acceptors (Lipinski definition) is 6. The van der Waals surface area contributed by atoms with Crippen molar-refractivity contribution in [3.05, 3.63) is 73.7 Å². The van der Waals surface area contributed by atoms with Crippen LogP contribution >= 0.6 is 0 Å². The third-order valence-corrected chi connectivity index (χ3v) is 5.88. The Morgan fingerprint density at radius 2 is 1.74 bits per heavy atom. The summed E-state index contributed by atoms with van der Waals surface area (Å²) in [4.78, 5) is 32.6. The maximum atomic E-state index is 11.8. The number of fused-ring (bicyclic) bond motifs is 2. The Morgan fingerprint density at radius 1 is 0.886 bits per heavy atom. The molecular formula is C26H20N8O. The average Bonchev–Trinajstić information content (AvgIpc) is 3.53. The molecule has 0 radical (unpaired) electrons. The molecule has 6 aromatic heterocycles. The van der Waals surface area contributed by atoms with Gasteiger partial charge in [-0.25, -0.2) is 0 Å². The second-order valence-corrected chi connectivity index (χ2v) is 8.12. The van der Waals surface area contributed by atoms with Gasteiger partial charge < -0.3 is 10.3 Å². The van der Waals surface area contributed by atoms with E-state index in [0.29, 0.717) is 12.1 Å². The number of rotatable bonds is 5. The topological polar surface area (TPSA) is 125 Å². The summed E-state index contributed by atoms with van der Waals surface area (Å²) in [6, 6.07) is 9.87. The van der Waals surface area contributed by atoms with E-state index in [1.807, 2.05) is 43.6 Å². The van der Waals surface area contributed by atoms with Crippen LogP contribution in [0.4, 0.5) is 5.69 Å². The molecule has 0 fully saturated rings. The fourth-order valence-corrected chi connectivity index (χ4v) is 4.12. The molecule has 0 spiro atoms. The predicted octanol–water partition coefficient (Wildman–Crippen LogP) is 4.97. The Bertz CT molecular complexity index is 1690. The monoisotopic (exact) mass is 460 g/mol. The van der Waals surface area contributed by atoms with E-state index < -0.39 is 0 Å². The van der Waals surface area contributed by atoms with E-state index >= 15 is 0 Å². The Labute approximate surface area is 199 Å². The zero-order chi connectivity index (χ0) is 23.8. The molecule has 6 rings (SSSR count). The zero-order valence-corrected chi connectivity index (χ0v) is 18.8.